The topological polar surface area (TPSA) is 57.6 Å². The molecule has 4 nitrogen and oxygen atoms in total. The molecule has 1 aliphatic carbocycles. The molecule has 0 aromatic heterocycles. The van der Waals surface area contributed by atoms with Crippen LogP contribution in [-0.2, 0) is 9.59 Å². The van der Waals surface area contributed by atoms with Crippen molar-refractivity contribution in [3.63, 3.8) is 0 Å². The molecule has 0 bridgehead atoms. The number of carbonyl (C=O) groups is 2. The van der Waals surface area contributed by atoms with E-state index in [1.807, 2.05) is 20.1 Å². The molecule has 0 aromatic rings. The van der Waals surface area contributed by atoms with Crippen molar-refractivity contribution >= 4 is 23.6 Å². The summed E-state index contributed by atoms with van der Waals surface area (Å²) in [6, 6.07) is 0.193. The van der Waals surface area contributed by atoms with Gasteiger partial charge < -0.3 is 10.0 Å². The lowest BCUT2D eigenvalue weighted by Gasteiger charge is -2.27. The van der Waals surface area contributed by atoms with Crippen molar-refractivity contribution in [1.82, 2.24) is 4.90 Å². The van der Waals surface area contributed by atoms with Crippen LogP contribution in [0.5, 0.6) is 0 Å². The Hall–Kier alpha value is -0.710. The van der Waals surface area contributed by atoms with Crippen LogP contribution in [0.2, 0.25) is 0 Å². The van der Waals surface area contributed by atoms with Gasteiger partial charge >= 0.3 is 5.97 Å². The van der Waals surface area contributed by atoms with E-state index in [1.54, 1.807) is 23.7 Å². The summed E-state index contributed by atoms with van der Waals surface area (Å²) >= 11 is 1.71. The fourth-order valence-electron chi connectivity index (χ4n) is 2.65. The van der Waals surface area contributed by atoms with Crippen LogP contribution in [0, 0.1) is 17.3 Å². The summed E-state index contributed by atoms with van der Waals surface area (Å²) in [7, 11) is 1.79. The van der Waals surface area contributed by atoms with Gasteiger partial charge in [0.15, 0.2) is 0 Å². The fraction of sp³-hybridized carbons (Fsp3) is 0.846. The Bertz CT molecular complexity index is 343. The molecule has 0 spiro atoms. The van der Waals surface area contributed by atoms with Crippen molar-refractivity contribution in [1.29, 1.82) is 0 Å². The maximum Gasteiger partial charge on any atom is 0.307 e. The smallest absolute Gasteiger partial charge is 0.307 e. The van der Waals surface area contributed by atoms with Crippen molar-refractivity contribution in [2.24, 2.45) is 17.3 Å². The maximum atomic E-state index is 12.4. The molecular formula is C13H23NO3S. The van der Waals surface area contributed by atoms with Gasteiger partial charge in [0, 0.05) is 18.8 Å². The number of carboxylic acid groups (broad SMARTS) is 1. The Morgan fingerprint density at radius 3 is 2.28 bits per heavy atom. The van der Waals surface area contributed by atoms with Crippen LogP contribution in [0.15, 0.2) is 0 Å². The average molecular weight is 273 g/mol. The minimum atomic E-state index is -0.857. The maximum absolute atomic E-state index is 12.4. The highest BCUT2D eigenvalue weighted by molar-refractivity contribution is 7.98. The van der Waals surface area contributed by atoms with E-state index >= 15 is 0 Å². The highest BCUT2D eigenvalue weighted by Crippen LogP contribution is 2.59. The second-order valence-corrected chi connectivity index (χ2v) is 6.49. The monoisotopic (exact) mass is 273 g/mol. The van der Waals surface area contributed by atoms with Crippen molar-refractivity contribution in [2.45, 2.75) is 33.2 Å². The molecule has 0 radical (unpaired) electrons. The van der Waals surface area contributed by atoms with Gasteiger partial charge in [0.05, 0.1) is 11.8 Å². The first-order chi connectivity index (χ1) is 8.28. The normalized spacial score (nSPS) is 26.5. The molecular weight excluding hydrogens is 250 g/mol. The van der Waals surface area contributed by atoms with Crippen LogP contribution in [0.25, 0.3) is 0 Å². The first-order valence-electron chi connectivity index (χ1n) is 6.27. The molecule has 1 amide bonds. The van der Waals surface area contributed by atoms with Gasteiger partial charge in [-0.3, -0.25) is 9.59 Å². The van der Waals surface area contributed by atoms with Gasteiger partial charge in [-0.2, -0.15) is 11.8 Å². The van der Waals surface area contributed by atoms with Crippen LogP contribution in [0.4, 0.5) is 0 Å². The Morgan fingerprint density at radius 2 is 1.94 bits per heavy atom. The van der Waals surface area contributed by atoms with Crippen molar-refractivity contribution < 1.29 is 14.7 Å². The van der Waals surface area contributed by atoms with Crippen LogP contribution in [0.3, 0.4) is 0 Å². The SMILES string of the molecule is CCC(CSC)N(C)C(=O)[C@H]1[C@@H](C(=O)O)C1(C)C. The van der Waals surface area contributed by atoms with Crippen molar-refractivity contribution in [3.8, 4) is 0 Å². The number of nitrogens with zero attached hydrogens (tertiary/aromatic N) is 1. The Balaban J connectivity index is 2.74. The summed E-state index contributed by atoms with van der Waals surface area (Å²) in [5, 5.41) is 9.11. The molecule has 1 rings (SSSR count). The second kappa shape index (κ2) is 5.51. The predicted octanol–water partition coefficient (Wildman–Crippen LogP) is 1.94. The molecule has 1 saturated carbocycles. The van der Waals surface area contributed by atoms with Gasteiger partial charge in [-0.1, -0.05) is 20.8 Å². The van der Waals surface area contributed by atoms with E-state index < -0.39 is 17.3 Å². The summed E-state index contributed by atoms with van der Waals surface area (Å²) in [6.07, 6.45) is 2.91. The van der Waals surface area contributed by atoms with Gasteiger partial charge in [-0.05, 0) is 18.1 Å². The fourth-order valence-corrected chi connectivity index (χ4v) is 3.50. The zero-order chi connectivity index (χ0) is 14.1. The van der Waals surface area contributed by atoms with E-state index in [-0.39, 0.29) is 17.9 Å². The summed E-state index contributed by atoms with van der Waals surface area (Å²) < 4.78 is 0. The molecule has 1 N–H and O–H groups in total. The zero-order valence-corrected chi connectivity index (χ0v) is 12.6. The Morgan fingerprint density at radius 1 is 1.39 bits per heavy atom. The van der Waals surface area contributed by atoms with Crippen LogP contribution >= 0.6 is 11.8 Å². The van der Waals surface area contributed by atoms with Crippen LogP contribution in [0.1, 0.15) is 27.2 Å². The number of aliphatic carboxylic acids is 1. The van der Waals surface area contributed by atoms with E-state index in [0.29, 0.717) is 0 Å². The molecule has 0 saturated heterocycles. The molecule has 18 heavy (non-hydrogen) atoms. The first-order valence-corrected chi connectivity index (χ1v) is 7.66. The highest BCUT2D eigenvalue weighted by Gasteiger charge is 2.66. The minimum Gasteiger partial charge on any atom is -0.481 e. The lowest BCUT2D eigenvalue weighted by molar-refractivity contribution is -0.142. The molecule has 1 aliphatic rings. The molecule has 1 fully saturated rings. The number of thioether (sulfide) groups is 1. The third kappa shape index (κ3) is 2.66. The number of amides is 1. The summed E-state index contributed by atoms with van der Waals surface area (Å²) in [6.45, 7) is 5.77. The molecule has 0 aliphatic heterocycles. The number of carboxylic acids is 1. The van der Waals surface area contributed by atoms with E-state index in [9.17, 15) is 9.59 Å². The van der Waals surface area contributed by atoms with Gasteiger partial charge in [-0.15, -0.1) is 0 Å². The molecule has 0 aromatic carbocycles. The number of hydrogen-bond donors (Lipinski definition) is 1. The highest BCUT2D eigenvalue weighted by atomic mass is 32.2. The van der Waals surface area contributed by atoms with Gasteiger partial charge in [0.2, 0.25) is 5.91 Å². The summed E-state index contributed by atoms with van der Waals surface area (Å²) in [5.74, 6) is -0.878. The van der Waals surface area contributed by atoms with Crippen LogP contribution in [-0.4, -0.2) is 47.0 Å². The van der Waals surface area contributed by atoms with E-state index in [0.717, 1.165) is 12.2 Å². The van der Waals surface area contributed by atoms with E-state index in [4.69, 9.17) is 5.11 Å². The third-order valence-corrected chi connectivity index (χ3v) is 4.80. The second-order valence-electron chi connectivity index (χ2n) is 5.58. The Kier molecular flexibility index (Phi) is 4.70. The zero-order valence-electron chi connectivity index (χ0n) is 11.8. The number of rotatable bonds is 6. The summed E-state index contributed by atoms with van der Waals surface area (Å²) in [5.41, 5.74) is -0.408. The first kappa shape index (κ1) is 15.3. The molecule has 104 valence electrons. The lowest BCUT2D eigenvalue weighted by atomic mass is 10.1. The van der Waals surface area contributed by atoms with Crippen LogP contribution < -0.4 is 0 Å². The molecule has 1 unspecified atom stereocenters. The molecule has 5 heteroatoms. The quantitative estimate of drug-likeness (QED) is 0.803. The number of hydrogen-bond acceptors (Lipinski definition) is 3. The standard InChI is InChI=1S/C13H23NO3S/c1-6-8(7-18-5)14(4)11(15)9-10(12(16)17)13(9,2)3/h8-10H,6-7H2,1-5H3,(H,16,17)/t8?,9-,10+/m1/s1. The van der Waals surface area contributed by atoms with E-state index in [1.165, 1.54) is 0 Å². The van der Waals surface area contributed by atoms with Gasteiger partial charge in [0.25, 0.3) is 0 Å². The lowest BCUT2D eigenvalue weighted by Crippen LogP contribution is -2.40. The largest absolute Gasteiger partial charge is 0.481 e. The molecule has 0 heterocycles. The van der Waals surface area contributed by atoms with Crippen molar-refractivity contribution in [2.75, 3.05) is 19.1 Å². The van der Waals surface area contributed by atoms with E-state index in [2.05, 4.69) is 6.92 Å². The summed E-state index contributed by atoms with van der Waals surface area (Å²) in [4.78, 5) is 25.2. The minimum absolute atomic E-state index is 0.0201. The predicted molar refractivity (Wildman–Crippen MR) is 73.6 cm³/mol. The average Bonchev–Trinajstić information content (AvgIpc) is 2.87. The Labute approximate surface area is 113 Å². The van der Waals surface area contributed by atoms with Gasteiger partial charge in [0.1, 0.15) is 0 Å². The van der Waals surface area contributed by atoms with Gasteiger partial charge in [-0.25, -0.2) is 0 Å². The number of carbonyl (C=O) groups excluding carboxylic acids is 1. The third-order valence-electron chi connectivity index (χ3n) is 4.09. The van der Waals surface area contributed by atoms with Crippen molar-refractivity contribution in [3.05, 3.63) is 0 Å². The molecule has 3 atom stereocenters.